The van der Waals surface area contributed by atoms with E-state index in [0.717, 1.165) is 10.2 Å². The summed E-state index contributed by atoms with van der Waals surface area (Å²) in [5, 5.41) is 0.491. The lowest BCUT2D eigenvalue weighted by molar-refractivity contribution is 0.0526. The number of rotatable bonds is 5. The first-order valence-corrected chi connectivity index (χ1v) is 7.91. The molecule has 0 atom stereocenters. The molecule has 0 amide bonds. The molecule has 0 saturated heterocycles. The lowest BCUT2D eigenvalue weighted by atomic mass is 10.3. The van der Waals surface area contributed by atoms with E-state index < -0.39 is 5.97 Å². The molecule has 0 saturated carbocycles. The Labute approximate surface area is 134 Å². The highest BCUT2D eigenvalue weighted by molar-refractivity contribution is 9.10. The number of carbonyl (C=O) groups is 1. The zero-order valence-electron chi connectivity index (χ0n) is 11.2. The molecule has 0 aliphatic rings. The first-order chi connectivity index (χ1) is 10.1. The maximum absolute atomic E-state index is 11.6. The second-order valence-corrected chi connectivity index (χ2v) is 5.79. The van der Waals surface area contributed by atoms with E-state index in [-0.39, 0.29) is 18.0 Å². The zero-order chi connectivity index (χ0) is 15.2. The molecule has 0 aromatic carbocycles. The minimum atomic E-state index is -0.513. The lowest BCUT2D eigenvalue weighted by Crippen LogP contribution is -2.10. The van der Waals surface area contributed by atoms with E-state index in [2.05, 4.69) is 30.9 Å². The highest BCUT2D eigenvalue weighted by Crippen LogP contribution is 2.21. The van der Waals surface area contributed by atoms with Crippen molar-refractivity contribution in [3.63, 3.8) is 0 Å². The van der Waals surface area contributed by atoms with Gasteiger partial charge in [0.25, 0.3) is 0 Å². The smallest absolute Gasteiger partial charge is 0.343 e. The Hall–Kier alpha value is -1.67. The lowest BCUT2D eigenvalue weighted by Gasteiger charge is -2.05. The molecule has 0 bridgehead atoms. The standard InChI is InChI=1S/C13H13BrN4O2S/c1-2-20-12(19)10-6-17-13(18-11(10)15)21-7-9-4-3-8(14)5-16-9/h3-6H,2,7H2,1H3,(H2,15,17,18). The third-order valence-corrected chi connectivity index (χ3v) is 3.79. The molecule has 0 unspecified atom stereocenters. The monoisotopic (exact) mass is 368 g/mol. The van der Waals surface area contributed by atoms with Gasteiger partial charge in [0, 0.05) is 22.6 Å². The SMILES string of the molecule is CCOC(=O)c1cnc(SCc2ccc(Br)cn2)nc1N. The van der Waals surface area contributed by atoms with Gasteiger partial charge in [0.15, 0.2) is 5.16 Å². The summed E-state index contributed by atoms with van der Waals surface area (Å²) in [7, 11) is 0. The van der Waals surface area contributed by atoms with Crippen LogP contribution in [0.3, 0.4) is 0 Å². The molecule has 2 aromatic rings. The van der Waals surface area contributed by atoms with Gasteiger partial charge in [-0.3, -0.25) is 4.98 Å². The van der Waals surface area contributed by atoms with Crippen molar-refractivity contribution in [1.82, 2.24) is 15.0 Å². The maximum atomic E-state index is 11.6. The summed E-state index contributed by atoms with van der Waals surface area (Å²) in [6, 6.07) is 3.83. The zero-order valence-corrected chi connectivity index (χ0v) is 13.6. The Morgan fingerprint density at radius 3 is 2.81 bits per heavy atom. The summed E-state index contributed by atoms with van der Waals surface area (Å²) in [6.07, 6.45) is 3.12. The number of ether oxygens (including phenoxy) is 1. The van der Waals surface area contributed by atoms with Gasteiger partial charge in [-0.1, -0.05) is 11.8 Å². The molecular formula is C13H13BrN4O2S. The summed E-state index contributed by atoms with van der Waals surface area (Å²) < 4.78 is 5.80. The third kappa shape index (κ3) is 4.40. The van der Waals surface area contributed by atoms with Crippen LogP contribution in [0.15, 0.2) is 34.2 Å². The van der Waals surface area contributed by atoms with Crippen molar-refractivity contribution in [2.45, 2.75) is 17.8 Å². The fraction of sp³-hybridized carbons (Fsp3) is 0.231. The summed E-state index contributed by atoms with van der Waals surface area (Å²) >= 11 is 4.73. The molecule has 110 valence electrons. The van der Waals surface area contributed by atoms with Crippen LogP contribution in [-0.4, -0.2) is 27.5 Å². The predicted molar refractivity (Wildman–Crippen MR) is 83.9 cm³/mol. The van der Waals surface area contributed by atoms with E-state index in [1.165, 1.54) is 18.0 Å². The van der Waals surface area contributed by atoms with Crippen LogP contribution in [0.4, 0.5) is 5.82 Å². The highest BCUT2D eigenvalue weighted by atomic mass is 79.9. The van der Waals surface area contributed by atoms with Crippen molar-refractivity contribution in [1.29, 1.82) is 0 Å². The number of anilines is 1. The second-order valence-electron chi connectivity index (χ2n) is 3.93. The van der Waals surface area contributed by atoms with Crippen LogP contribution >= 0.6 is 27.7 Å². The van der Waals surface area contributed by atoms with Crippen LogP contribution in [0.2, 0.25) is 0 Å². The number of halogens is 1. The van der Waals surface area contributed by atoms with Crippen LogP contribution < -0.4 is 5.73 Å². The Morgan fingerprint density at radius 2 is 2.19 bits per heavy atom. The van der Waals surface area contributed by atoms with Gasteiger partial charge >= 0.3 is 5.97 Å². The third-order valence-electron chi connectivity index (χ3n) is 2.43. The quantitative estimate of drug-likeness (QED) is 0.492. The van der Waals surface area contributed by atoms with Crippen LogP contribution in [0.25, 0.3) is 0 Å². The van der Waals surface area contributed by atoms with Crippen LogP contribution in [-0.2, 0) is 10.5 Å². The molecule has 0 aliphatic heterocycles. The predicted octanol–water partition coefficient (Wildman–Crippen LogP) is 2.69. The van der Waals surface area contributed by atoms with Gasteiger partial charge in [-0.2, -0.15) is 0 Å². The summed E-state index contributed by atoms with van der Waals surface area (Å²) in [4.78, 5) is 24.1. The fourth-order valence-corrected chi connectivity index (χ4v) is 2.42. The first-order valence-electron chi connectivity index (χ1n) is 6.13. The Kier molecular flexibility index (Phi) is 5.51. The van der Waals surface area contributed by atoms with Gasteiger partial charge in [-0.25, -0.2) is 14.8 Å². The van der Waals surface area contributed by atoms with Crippen LogP contribution in [0, 0.1) is 0 Å². The molecule has 2 N–H and O–H groups in total. The highest BCUT2D eigenvalue weighted by Gasteiger charge is 2.13. The van der Waals surface area contributed by atoms with Crippen LogP contribution in [0.1, 0.15) is 23.0 Å². The van der Waals surface area contributed by atoms with Gasteiger partial charge in [-0.05, 0) is 35.0 Å². The second kappa shape index (κ2) is 7.37. The Bertz CT molecular complexity index is 637. The average molecular weight is 369 g/mol. The van der Waals surface area contributed by atoms with E-state index >= 15 is 0 Å². The minimum absolute atomic E-state index is 0.120. The van der Waals surface area contributed by atoms with E-state index in [9.17, 15) is 4.79 Å². The van der Waals surface area contributed by atoms with Gasteiger partial charge < -0.3 is 10.5 Å². The number of aromatic nitrogens is 3. The van der Waals surface area contributed by atoms with Crippen molar-refractivity contribution in [3.8, 4) is 0 Å². The van der Waals surface area contributed by atoms with E-state index in [1.807, 2.05) is 12.1 Å². The summed E-state index contributed by atoms with van der Waals surface area (Å²) in [5.74, 6) is 0.224. The van der Waals surface area contributed by atoms with E-state index in [1.54, 1.807) is 13.1 Å². The molecule has 0 fully saturated rings. The van der Waals surface area contributed by atoms with Gasteiger partial charge in [0.1, 0.15) is 11.4 Å². The molecule has 2 rings (SSSR count). The number of nitrogens with zero attached hydrogens (tertiary/aromatic N) is 3. The number of pyridine rings is 1. The topological polar surface area (TPSA) is 91.0 Å². The van der Waals surface area contributed by atoms with Crippen LogP contribution in [0.5, 0.6) is 0 Å². The summed E-state index contributed by atoms with van der Waals surface area (Å²) in [6.45, 7) is 2.01. The van der Waals surface area contributed by atoms with Crippen molar-refractivity contribution in [3.05, 3.63) is 40.3 Å². The normalized spacial score (nSPS) is 10.4. The number of nitrogen functional groups attached to an aromatic ring is 1. The molecule has 8 heteroatoms. The van der Waals surface area contributed by atoms with E-state index in [0.29, 0.717) is 10.9 Å². The Balaban J connectivity index is 2.03. The fourth-order valence-electron chi connectivity index (χ4n) is 1.44. The summed E-state index contributed by atoms with van der Waals surface area (Å²) in [5.41, 5.74) is 6.84. The number of hydrogen-bond donors (Lipinski definition) is 1. The Morgan fingerprint density at radius 1 is 1.38 bits per heavy atom. The van der Waals surface area contributed by atoms with Crippen molar-refractivity contribution >= 4 is 39.5 Å². The number of carbonyl (C=O) groups excluding carboxylic acids is 1. The van der Waals surface area contributed by atoms with Gasteiger partial charge in [-0.15, -0.1) is 0 Å². The van der Waals surface area contributed by atoms with Gasteiger partial charge in [0.2, 0.25) is 0 Å². The largest absolute Gasteiger partial charge is 0.462 e. The molecule has 2 heterocycles. The number of esters is 1. The molecule has 0 aliphatic carbocycles. The average Bonchev–Trinajstić information content (AvgIpc) is 2.47. The molecule has 2 aromatic heterocycles. The molecule has 21 heavy (non-hydrogen) atoms. The first kappa shape index (κ1) is 15.7. The number of thioether (sulfide) groups is 1. The molecule has 0 spiro atoms. The van der Waals surface area contributed by atoms with E-state index in [4.69, 9.17) is 10.5 Å². The molecular weight excluding hydrogens is 356 g/mol. The molecule has 6 nitrogen and oxygen atoms in total. The van der Waals surface area contributed by atoms with Gasteiger partial charge in [0.05, 0.1) is 12.3 Å². The minimum Gasteiger partial charge on any atom is -0.462 e. The van der Waals surface area contributed by atoms with Crippen molar-refractivity contribution in [2.24, 2.45) is 0 Å². The van der Waals surface area contributed by atoms with Crippen molar-refractivity contribution < 1.29 is 9.53 Å². The number of nitrogens with two attached hydrogens (primary N) is 1. The number of hydrogen-bond acceptors (Lipinski definition) is 7. The van der Waals surface area contributed by atoms with Crippen molar-refractivity contribution in [2.75, 3.05) is 12.3 Å². The maximum Gasteiger partial charge on any atom is 0.343 e. The molecule has 0 radical (unpaired) electrons.